The number of rotatable bonds is 3. The number of carbonyl (C=O) groups excluding carboxylic acids is 2. The Kier molecular flexibility index (Phi) is 5.31. The van der Waals surface area contributed by atoms with Crippen LogP contribution in [0.5, 0.6) is 5.75 Å². The van der Waals surface area contributed by atoms with Crippen molar-refractivity contribution in [1.82, 2.24) is 14.8 Å². The van der Waals surface area contributed by atoms with Gasteiger partial charge in [0, 0.05) is 37.0 Å². The zero-order valence-corrected chi connectivity index (χ0v) is 17.8. The van der Waals surface area contributed by atoms with Crippen molar-refractivity contribution in [2.45, 2.75) is 32.3 Å². The van der Waals surface area contributed by atoms with Crippen LogP contribution in [0.3, 0.4) is 0 Å². The Morgan fingerprint density at radius 2 is 2.07 bits per heavy atom. The maximum atomic E-state index is 13.3. The molecule has 0 saturated carbocycles. The number of benzene rings is 1. The largest absolute Gasteiger partial charge is 0.484 e. The Bertz CT molecular complexity index is 934. The summed E-state index contributed by atoms with van der Waals surface area (Å²) in [7, 11) is 2.09. The van der Waals surface area contributed by atoms with Gasteiger partial charge < -0.3 is 19.9 Å². The van der Waals surface area contributed by atoms with E-state index in [1.165, 1.54) is 11.3 Å². The molecule has 1 saturated heterocycles. The monoisotopic (exact) mass is 414 g/mol. The molecule has 4 rings (SSSR count). The van der Waals surface area contributed by atoms with E-state index in [2.05, 4.69) is 22.2 Å². The number of thiazole rings is 1. The minimum absolute atomic E-state index is 0.0220. The third-order valence-corrected chi connectivity index (χ3v) is 6.39. The highest BCUT2D eigenvalue weighted by Crippen LogP contribution is 2.35. The molecule has 0 atom stereocenters. The smallest absolute Gasteiger partial charge is 0.258 e. The number of nitrogens with zero attached hydrogens (tertiary/aromatic N) is 3. The molecule has 1 spiro atoms. The van der Waals surface area contributed by atoms with Gasteiger partial charge in [-0.1, -0.05) is 11.6 Å². The van der Waals surface area contributed by atoms with E-state index in [0.29, 0.717) is 23.0 Å². The van der Waals surface area contributed by atoms with Gasteiger partial charge in [0.2, 0.25) is 5.91 Å². The van der Waals surface area contributed by atoms with E-state index >= 15 is 0 Å². The number of hydrogen-bond acceptors (Lipinski definition) is 6. The third-order valence-electron chi connectivity index (χ3n) is 5.56. The van der Waals surface area contributed by atoms with Gasteiger partial charge in [0.15, 0.2) is 5.13 Å². The third kappa shape index (κ3) is 4.28. The molecule has 154 valence electrons. The lowest BCUT2D eigenvalue weighted by Gasteiger charge is -2.41. The summed E-state index contributed by atoms with van der Waals surface area (Å²) in [4.78, 5) is 35.1. The van der Waals surface area contributed by atoms with Crippen molar-refractivity contribution in [2.75, 3.05) is 38.5 Å². The molecule has 0 unspecified atom stereocenters. The molecular formula is C21H26N4O3S. The highest BCUT2D eigenvalue weighted by atomic mass is 32.1. The SMILES string of the molecule is Cc1ccc2c(c1)C(=O)N(CC(=O)Nc1ncc(C)s1)CC1(CCN(C)CC1)O2. The van der Waals surface area contributed by atoms with Gasteiger partial charge in [0.1, 0.15) is 17.9 Å². The van der Waals surface area contributed by atoms with Crippen LogP contribution in [0, 0.1) is 13.8 Å². The van der Waals surface area contributed by atoms with Crippen molar-refractivity contribution in [3.05, 3.63) is 40.4 Å². The van der Waals surface area contributed by atoms with Crippen molar-refractivity contribution in [3.63, 3.8) is 0 Å². The van der Waals surface area contributed by atoms with Crippen LogP contribution in [0.15, 0.2) is 24.4 Å². The Labute approximate surface area is 174 Å². The molecule has 2 amide bonds. The Morgan fingerprint density at radius 3 is 2.76 bits per heavy atom. The van der Waals surface area contributed by atoms with Crippen LogP contribution in [0.25, 0.3) is 0 Å². The Balaban J connectivity index is 1.60. The molecule has 2 aliphatic rings. The molecule has 2 aromatic rings. The summed E-state index contributed by atoms with van der Waals surface area (Å²) in [5, 5.41) is 3.36. The lowest BCUT2D eigenvalue weighted by Crippen LogP contribution is -2.54. The first-order valence-corrected chi connectivity index (χ1v) is 10.6. The van der Waals surface area contributed by atoms with E-state index < -0.39 is 5.60 Å². The molecule has 0 aliphatic carbocycles. The summed E-state index contributed by atoms with van der Waals surface area (Å²) in [5.41, 5.74) is 1.04. The first-order chi connectivity index (χ1) is 13.8. The molecule has 1 N–H and O–H groups in total. The fourth-order valence-electron chi connectivity index (χ4n) is 3.91. The van der Waals surface area contributed by atoms with E-state index in [9.17, 15) is 9.59 Å². The van der Waals surface area contributed by atoms with E-state index in [-0.39, 0.29) is 18.4 Å². The zero-order chi connectivity index (χ0) is 20.6. The van der Waals surface area contributed by atoms with Crippen LogP contribution in [0.1, 0.15) is 33.6 Å². The second kappa shape index (κ2) is 7.76. The van der Waals surface area contributed by atoms with Crippen LogP contribution < -0.4 is 10.1 Å². The number of amides is 2. The highest BCUT2D eigenvalue weighted by Gasteiger charge is 2.42. The molecule has 0 bridgehead atoms. The topological polar surface area (TPSA) is 74.8 Å². The summed E-state index contributed by atoms with van der Waals surface area (Å²) >= 11 is 1.42. The van der Waals surface area contributed by atoms with Gasteiger partial charge >= 0.3 is 0 Å². The highest BCUT2D eigenvalue weighted by molar-refractivity contribution is 7.15. The number of aromatic nitrogens is 1. The Hall–Kier alpha value is -2.45. The summed E-state index contributed by atoms with van der Waals surface area (Å²) in [6.07, 6.45) is 3.35. The lowest BCUT2D eigenvalue weighted by molar-refractivity contribution is -0.117. The van der Waals surface area contributed by atoms with Crippen molar-refractivity contribution < 1.29 is 14.3 Å². The van der Waals surface area contributed by atoms with E-state index in [0.717, 1.165) is 36.4 Å². The van der Waals surface area contributed by atoms with Crippen LogP contribution >= 0.6 is 11.3 Å². The molecule has 0 radical (unpaired) electrons. The quantitative estimate of drug-likeness (QED) is 0.836. The van der Waals surface area contributed by atoms with E-state index in [1.807, 2.05) is 32.0 Å². The van der Waals surface area contributed by atoms with Crippen LogP contribution in [-0.4, -0.2) is 65.4 Å². The molecule has 2 aliphatic heterocycles. The van der Waals surface area contributed by atoms with Crippen molar-refractivity contribution in [3.8, 4) is 5.75 Å². The fourth-order valence-corrected chi connectivity index (χ4v) is 4.59. The number of likely N-dealkylation sites (tertiary alicyclic amines) is 1. The van der Waals surface area contributed by atoms with E-state index in [4.69, 9.17) is 4.74 Å². The fraction of sp³-hybridized carbons (Fsp3) is 0.476. The van der Waals surface area contributed by atoms with Crippen LogP contribution in [-0.2, 0) is 4.79 Å². The van der Waals surface area contributed by atoms with Crippen molar-refractivity contribution >= 4 is 28.3 Å². The van der Waals surface area contributed by atoms with Gasteiger partial charge in [-0.3, -0.25) is 9.59 Å². The molecule has 3 heterocycles. The van der Waals surface area contributed by atoms with Gasteiger partial charge in [0.05, 0.1) is 12.1 Å². The average Bonchev–Trinajstić information content (AvgIpc) is 3.04. The number of anilines is 1. The zero-order valence-electron chi connectivity index (χ0n) is 17.0. The predicted octanol–water partition coefficient (Wildman–Crippen LogP) is 2.70. The van der Waals surface area contributed by atoms with Gasteiger partial charge in [-0.2, -0.15) is 0 Å². The number of hydrogen-bond donors (Lipinski definition) is 1. The molecule has 1 aromatic carbocycles. The number of nitrogens with one attached hydrogen (secondary N) is 1. The number of carbonyl (C=O) groups is 2. The second-order valence-electron chi connectivity index (χ2n) is 8.07. The van der Waals surface area contributed by atoms with Crippen LogP contribution in [0.4, 0.5) is 5.13 Å². The minimum Gasteiger partial charge on any atom is -0.484 e. The minimum atomic E-state index is -0.471. The average molecular weight is 415 g/mol. The number of ether oxygens (including phenoxy) is 1. The van der Waals surface area contributed by atoms with Gasteiger partial charge in [-0.05, 0) is 33.0 Å². The van der Waals surface area contributed by atoms with Crippen molar-refractivity contribution in [2.24, 2.45) is 0 Å². The second-order valence-corrected chi connectivity index (χ2v) is 9.31. The number of aryl methyl sites for hydroxylation is 2. The van der Waals surface area contributed by atoms with Crippen molar-refractivity contribution in [1.29, 1.82) is 0 Å². The van der Waals surface area contributed by atoms with Gasteiger partial charge in [0.25, 0.3) is 5.91 Å². The maximum absolute atomic E-state index is 13.3. The summed E-state index contributed by atoms with van der Waals surface area (Å²) in [6, 6.07) is 5.69. The summed E-state index contributed by atoms with van der Waals surface area (Å²) in [5.74, 6) is 0.209. The molecule has 7 nitrogen and oxygen atoms in total. The summed E-state index contributed by atoms with van der Waals surface area (Å²) < 4.78 is 6.46. The summed E-state index contributed by atoms with van der Waals surface area (Å²) in [6.45, 7) is 6.06. The molecule has 1 aromatic heterocycles. The van der Waals surface area contributed by atoms with E-state index in [1.54, 1.807) is 11.1 Å². The maximum Gasteiger partial charge on any atom is 0.258 e. The first-order valence-electron chi connectivity index (χ1n) is 9.83. The van der Waals surface area contributed by atoms with Gasteiger partial charge in [-0.25, -0.2) is 4.98 Å². The Morgan fingerprint density at radius 1 is 1.31 bits per heavy atom. The van der Waals surface area contributed by atoms with Crippen LogP contribution in [0.2, 0.25) is 0 Å². The first kappa shape index (κ1) is 19.8. The number of fused-ring (bicyclic) bond motifs is 1. The number of piperidine rings is 1. The predicted molar refractivity (Wildman–Crippen MR) is 113 cm³/mol. The molecule has 8 heteroatoms. The van der Waals surface area contributed by atoms with Gasteiger partial charge in [-0.15, -0.1) is 11.3 Å². The molecule has 29 heavy (non-hydrogen) atoms. The molecular weight excluding hydrogens is 388 g/mol. The normalized spacial score (nSPS) is 18.9. The standard InChI is InChI=1S/C21H26N4O3S/c1-14-4-5-17-16(10-14)19(27)25(12-18(26)23-20-22-11-15(2)29-20)13-21(28-17)6-8-24(3)9-7-21/h4-5,10-11H,6-9,12-13H2,1-3H3,(H,22,23,26). The molecule has 1 fully saturated rings. The lowest BCUT2D eigenvalue weighted by atomic mass is 9.90.